The topological polar surface area (TPSA) is 66.5 Å². The fourth-order valence-electron chi connectivity index (χ4n) is 1.90. The fraction of sp³-hybridized carbons (Fsp3) is 0.133. The van der Waals surface area contributed by atoms with Gasteiger partial charge in [-0.15, -0.1) is 0 Å². The highest BCUT2D eigenvalue weighted by Gasteiger charge is 2.29. The summed E-state index contributed by atoms with van der Waals surface area (Å²) in [5.74, 6) is -6.64. The largest absolute Gasteiger partial charge is 0.325 e. The number of rotatable bonds is 5. The van der Waals surface area contributed by atoms with Gasteiger partial charge in [-0.25, -0.2) is 26.0 Å². The highest BCUT2D eigenvalue weighted by atomic mass is 32.2. The number of halogens is 4. The van der Waals surface area contributed by atoms with Crippen LogP contribution in [0.5, 0.6) is 0 Å². The van der Waals surface area contributed by atoms with Crippen LogP contribution in [0.4, 0.5) is 23.2 Å². The van der Waals surface area contributed by atoms with Gasteiger partial charge in [0, 0.05) is 12.7 Å². The summed E-state index contributed by atoms with van der Waals surface area (Å²) in [6.07, 6.45) is 0. The van der Waals surface area contributed by atoms with Gasteiger partial charge >= 0.3 is 0 Å². The van der Waals surface area contributed by atoms with Crippen molar-refractivity contribution in [1.82, 2.24) is 4.31 Å². The average Bonchev–Trinajstić information content (AvgIpc) is 2.54. The second kappa shape index (κ2) is 7.19. The summed E-state index contributed by atoms with van der Waals surface area (Å²) in [7, 11) is -3.60. The van der Waals surface area contributed by atoms with Gasteiger partial charge in [0.25, 0.3) is 0 Å². The minimum atomic E-state index is -4.57. The molecule has 0 aliphatic heterocycles. The molecular weight excluding hydrogens is 364 g/mol. The first-order chi connectivity index (χ1) is 11.6. The van der Waals surface area contributed by atoms with Crippen molar-refractivity contribution in [2.24, 2.45) is 0 Å². The zero-order chi connectivity index (χ0) is 18.8. The summed E-state index contributed by atoms with van der Waals surface area (Å²) in [5.41, 5.74) is 0.219. The number of nitrogens with one attached hydrogen (secondary N) is 1. The predicted molar refractivity (Wildman–Crippen MR) is 81.2 cm³/mol. The lowest BCUT2D eigenvalue weighted by Crippen LogP contribution is -2.35. The molecule has 1 amide bonds. The standard InChI is InChI=1S/C15H12F4N2O3S/c1-21(8-13(22)20-10-4-2-9(16)3-5-10)25(23,24)12-7-6-11(17)14(18)15(12)19/h2-7H,8H2,1H3,(H,20,22). The number of benzene rings is 2. The molecular formula is C15H12F4N2O3S. The van der Waals surface area contributed by atoms with Crippen molar-refractivity contribution in [2.75, 3.05) is 18.9 Å². The molecule has 0 heterocycles. The number of likely N-dealkylation sites (N-methyl/N-ethyl adjacent to an activating group) is 1. The van der Waals surface area contributed by atoms with Crippen LogP contribution in [-0.4, -0.2) is 32.2 Å². The first kappa shape index (κ1) is 18.9. The molecule has 134 valence electrons. The fourth-order valence-corrected chi connectivity index (χ4v) is 3.08. The van der Waals surface area contributed by atoms with Gasteiger partial charge in [0.05, 0.1) is 6.54 Å². The maximum absolute atomic E-state index is 13.7. The Hall–Kier alpha value is -2.46. The number of sulfonamides is 1. The number of anilines is 1. The highest BCUT2D eigenvalue weighted by Crippen LogP contribution is 2.22. The maximum atomic E-state index is 13.7. The van der Waals surface area contributed by atoms with E-state index in [4.69, 9.17) is 0 Å². The first-order valence-corrected chi connectivity index (χ1v) is 8.22. The summed E-state index contributed by atoms with van der Waals surface area (Å²) in [6, 6.07) is 5.74. The van der Waals surface area contributed by atoms with E-state index >= 15 is 0 Å². The molecule has 2 aromatic carbocycles. The van der Waals surface area contributed by atoms with E-state index in [9.17, 15) is 30.8 Å². The molecule has 0 unspecified atom stereocenters. The van der Waals surface area contributed by atoms with Crippen LogP contribution in [0.25, 0.3) is 0 Å². The Labute approximate surface area is 140 Å². The molecule has 25 heavy (non-hydrogen) atoms. The van der Waals surface area contributed by atoms with Gasteiger partial charge < -0.3 is 5.32 Å². The van der Waals surface area contributed by atoms with E-state index in [0.717, 1.165) is 19.2 Å². The molecule has 0 fully saturated rings. The summed E-state index contributed by atoms with van der Waals surface area (Å²) in [6.45, 7) is -0.724. The molecule has 0 aliphatic carbocycles. The molecule has 5 nitrogen and oxygen atoms in total. The van der Waals surface area contributed by atoms with Crippen LogP contribution in [0, 0.1) is 23.3 Å². The Bertz CT molecular complexity index is 902. The van der Waals surface area contributed by atoms with Crippen molar-refractivity contribution in [3.63, 3.8) is 0 Å². The average molecular weight is 376 g/mol. The molecule has 1 N–H and O–H groups in total. The summed E-state index contributed by atoms with van der Waals surface area (Å²) < 4.78 is 77.5. The normalized spacial score (nSPS) is 11.6. The molecule has 0 saturated heterocycles. The van der Waals surface area contributed by atoms with Crippen molar-refractivity contribution in [3.8, 4) is 0 Å². The summed E-state index contributed by atoms with van der Waals surface area (Å²) in [5, 5.41) is 2.32. The van der Waals surface area contributed by atoms with Crippen LogP contribution in [0.15, 0.2) is 41.3 Å². The van der Waals surface area contributed by atoms with Crippen molar-refractivity contribution in [3.05, 3.63) is 59.7 Å². The second-order valence-corrected chi connectivity index (χ2v) is 7.00. The second-order valence-electron chi connectivity index (χ2n) is 4.99. The van der Waals surface area contributed by atoms with E-state index in [2.05, 4.69) is 5.32 Å². The van der Waals surface area contributed by atoms with Gasteiger partial charge in [-0.05, 0) is 36.4 Å². The van der Waals surface area contributed by atoms with E-state index in [-0.39, 0.29) is 5.69 Å². The molecule has 0 radical (unpaired) electrons. The molecule has 2 aromatic rings. The third kappa shape index (κ3) is 4.15. The van der Waals surface area contributed by atoms with Crippen molar-refractivity contribution in [2.45, 2.75) is 4.90 Å². The van der Waals surface area contributed by atoms with Crippen LogP contribution >= 0.6 is 0 Å². The summed E-state index contributed by atoms with van der Waals surface area (Å²) >= 11 is 0. The first-order valence-electron chi connectivity index (χ1n) is 6.78. The van der Waals surface area contributed by atoms with Crippen LogP contribution in [0.2, 0.25) is 0 Å². The molecule has 0 bridgehead atoms. The van der Waals surface area contributed by atoms with Crippen LogP contribution in [0.3, 0.4) is 0 Å². The Balaban J connectivity index is 2.16. The minimum absolute atomic E-state index is 0.219. The molecule has 0 spiro atoms. The predicted octanol–water partition coefficient (Wildman–Crippen LogP) is 2.50. The van der Waals surface area contributed by atoms with Gasteiger partial charge in [-0.3, -0.25) is 4.79 Å². The van der Waals surface area contributed by atoms with Crippen LogP contribution in [-0.2, 0) is 14.8 Å². The van der Waals surface area contributed by atoms with E-state index in [1.54, 1.807) is 0 Å². The number of carbonyl (C=O) groups excluding carboxylic acids is 1. The Morgan fingerprint density at radius 3 is 2.20 bits per heavy atom. The number of amides is 1. The zero-order valence-corrected chi connectivity index (χ0v) is 13.6. The number of carbonyl (C=O) groups is 1. The summed E-state index contributed by atoms with van der Waals surface area (Å²) in [4.78, 5) is 10.8. The van der Waals surface area contributed by atoms with Gasteiger partial charge in [0.15, 0.2) is 17.5 Å². The zero-order valence-electron chi connectivity index (χ0n) is 12.8. The molecule has 0 atom stereocenters. The van der Waals surface area contributed by atoms with Crippen molar-refractivity contribution in [1.29, 1.82) is 0 Å². The van der Waals surface area contributed by atoms with Crippen LogP contribution in [0.1, 0.15) is 0 Å². The third-order valence-corrected chi connectivity index (χ3v) is 5.00. The van der Waals surface area contributed by atoms with Gasteiger partial charge in [0.1, 0.15) is 10.7 Å². The number of nitrogens with zero attached hydrogens (tertiary/aromatic N) is 1. The Kier molecular flexibility index (Phi) is 5.43. The third-order valence-electron chi connectivity index (χ3n) is 3.18. The lowest BCUT2D eigenvalue weighted by Gasteiger charge is -2.17. The number of hydrogen-bond acceptors (Lipinski definition) is 3. The quantitative estimate of drug-likeness (QED) is 0.644. The molecule has 2 rings (SSSR count). The molecule has 0 saturated carbocycles. The SMILES string of the molecule is CN(CC(=O)Nc1ccc(F)cc1)S(=O)(=O)c1ccc(F)c(F)c1F. The molecule has 0 aliphatic rings. The Morgan fingerprint density at radius 1 is 1.00 bits per heavy atom. The van der Waals surface area contributed by atoms with Gasteiger partial charge in [0.2, 0.25) is 15.9 Å². The van der Waals surface area contributed by atoms with Crippen molar-refractivity contribution >= 4 is 21.6 Å². The smallest absolute Gasteiger partial charge is 0.246 e. The highest BCUT2D eigenvalue weighted by molar-refractivity contribution is 7.89. The van der Waals surface area contributed by atoms with E-state index in [0.29, 0.717) is 16.4 Å². The lowest BCUT2D eigenvalue weighted by atomic mass is 10.3. The minimum Gasteiger partial charge on any atom is -0.325 e. The van der Waals surface area contributed by atoms with Crippen LogP contribution < -0.4 is 5.32 Å². The Morgan fingerprint density at radius 2 is 1.60 bits per heavy atom. The molecule has 0 aromatic heterocycles. The van der Waals surface area contributed by atoms with Gasteiger partial charge in [-0.2, -0.15) is 4.31 Å². The van der Waals surface area contributed by atoms with E-state index in [1.165, 1.54) is 12.1 Å². The lowest BCUT2D eigenvalue weighted by molar-refractivity contribution is -0.116. The van der Waals surface area contributed by atoms with Crippen molar-refractivity contribution < 1.29 is 30.8 Å². The molecule has 10 heteroatoms. The maximum Gasteiger partial charge on any atom is 0.246 e. The monoisotopic (exact) mass is 376 g/mol. The van der Waals surface area contributed by atoms with Gasteiger partial charge in [-0.1, -0.05) is 0 Å². The number of hydrogen-bond donors (Lipinski definition) is 1. The van der Waals surface area contributed by atoms with E-state index in [1.807, 2.05) is 0 Å². The van der Waals surface area contributed by atoms with E-state index < -0.39 is 50.6 Å².